The second-order valence-electron chi connectivity index (χ2n) is 10.2. The SMILES string of the molecule is COc1ccc2[nH]cc(C(C)CC(=O)N3C4CC5(C)CC3CC(C#N)(C4)C5)c2c1F. The van der Waals surface area contributed by atoms with E-state index in [1.807, 2.05) is 13.1 Å². The standard InChI is InChI=1S/C24H28FN3O2/c1-14(17-11-27-18-4-5-19(30-3)22(25)21(17)18)6-20(29)28-15-7-23(2)8-16(28)10-24(9-15,12-23)13-26/h4-5,11,14-16,27H,6-10,12H2,1-3H3. The Hall–Kier alpha value is -2.55. The minimum absolute atomic E-state index is 0.120. The number of amides is 1. The van der Waals surface area contributed by atoms with Gasteiger partial charge in [-0.05, 0) is 61.1 Å². The van der Waals surface area contributed by atoms with E-state index < -0.39 is 0 Å². The van der Waals surface area contributed by atoms with Gasteiger partial charge in [0.1, 0.15) is 0 Å². The van der Waals surface area contributed by atoms with Crippen LogP contribution in [0.3, 0.4) is 0 Å². The number of carbonyl (C=O) groups is 1. The molecular weight excluding hydrogens is 381 g/mol. The van der Waals surface area contributed by atoms with Crippen molar-refractivity contribution in [1.29, 1.82) is 5.26 Å². The first-order valence-electron chi connectivity index (χ1n) is 10.8. The summed E-state index contributed by atoms with van der Waals surface area (Å²) in [7, 11) is 1.46. The van der Waals surface area contributed by atoms with Crippen molar-refractivity contribution in [2.75, 3.05) is 7.11 Å². The third-order valence-corrected chi connectivity index (χ3v) is 7.80. The van der Waals surface area contributed by atoms with E-state index in [-0.39, 0.29) is 46.3 Å². The quantitative estimate of drug-likeness (QED) is 0.782. The Kier molecular flexibility index (Phi) is 4.19. The monoisotopic (exact) mass is 409 g/mol. The van der Waals surface area contributed by atoms with E-state index >= 15 is 0 Å². The highest BCUT2D eigenvalue weighted by molar-refractivity contribution is 5.87. The average molecular weight is 410 g/mol. The van der Waals surface area contributed by atoms with Crippen molar-refractivity contribution in [2.45, 2.75) is 70.4 Å². The van der Waals surface area contributed by atoms with E-state index in [1.165, 1.54) is 7.11 Å². The number of aromatic nitrogens is 1. The second kappa shape index (κ2) is 6.47. The van der Waals surface area contributed by atoms with Crippen LogP contribution < -0.4 is 4.74 Å². The van der Waals surface area contributed by atoms with E-state index in [9.17, 15) is 14.4 Å². The fourth-order valence-electron chi connectivity index (χ4n) is 6.90. The minimum atomic E-state index is -0.385. The summed E-state index contributed by atoms with van der Waals surface area (Å²) in [6, 6.07) is 6.34. The van der Waals surface area contributed by atoms with E-state index in [0.29, 0.717) is 17.3 Å². The van der Waals surface area contributed by atoms with Gasteiger partial charge in [-0.1, -0.05) is 13.8 Å². The average Bonchev–Trinajstić information content (AvgIpc) is 3.12. The Bertz CT molecular complexity index is 1050. The second-order valence-corrected chi connectivity index (χ2v) is 10.2. The summed E-state index contributed by atoms with van der Waals surface area (Å²) in [6.45, 7) is 4.26. The van der Waals surface area contributed by atoms with Crippen LogP contribution in [-0.2, 0) is 4.79 Å². The number of rotatable bonds is 4. The molecule has 1 aromatic carbocycles. The maximum Gasteiger partial charge on any atom is 0.223 e. The molecule has 2 saturated heterocycles. The predicted octanol–water partition coefficient (Wildman–Crippen LogP) is 4.88. The molecule has 2 aliphatic carbocycles. The molecule has 1 N–H and O–H groups in total. The molecule has 3 heterocycles. The minimum Gasteiger partial charge on any atom is -0.494 e. The van der Waals surface area contributed by atoms with Gasteiger partial charge in [0.25, 0.3) is 0 Å². The van der Waals surface area contributed by atoms with Crippen molar-refractivity contribution in [2.24, 2.45) is 10.8 Å². The molecule has 0 spiro atoms. The molecule has 2 saturated carbocycles. The number of carbonyl (C=O) groups excluding carboxylic acids is 1. The van der Waals surface area contributed by atoms with Gasteiger partial charge in [-0.3, -0.25) is 4.79 Å². The maximum absolute atomic E-state index is 14.9. The molecule has 158 valence electrons. The molecule has 5 nitrogen and oxygen atoms in total. The van der Waals surface area contributed by atoms with Crippen LogP contribution in [0.25, 0.3) is 10.9 Å². The summed E-state index contributed by atoms with van der Waals surface area (Å²) in [5.74, 6) is -0.165. The van der Waals surface area contributed by atoms with Crippen LogP contribution in [0.4, 0.5) is 4.39 Å². The summed E-state index contributed by atoms with van der Waals surface area (Å²) in [6.07, 6.45) is 6.70. The summed E-state index contributed by atoms with van der Waals surface area (Å²) >= 11 is 0. The molecule has 4 bridgehead atoms. The van der Waals surface area contributed by atoms with Crippen LogP contribution >= 0.6 is 0 Å². The molecular formula is C24H28FN3O2. The molecule has 6 heteroatoms. The first-order valence-corrected chi connectivity index (χ1v) is 10.8. The van der Waals surface area contributed by atoms with Gasteiger partial charge in [0, 0.05) is 35.6 Å². The molecule has 3 unspecified atom stereocenters. The van der Waals surface area contributed by atoms with Gasteiger partial charge < -0.3 is 14.6 Å². The number of nitriles is 1. The molecule has 4 aliphatic rings. The van der Waals surface area contributed by atoms with Crippen molar-refractivity contribution in [3.63, 3.8) is 0 Å². The number of nitrogens with one attached hydrogen (secondary N) is 1. The lowest BCUT2D eigenvalue weighted by Gasteiger charge is -2.63. The number of benzene rings is 1. The van der Waals surface area contributed by atoms with Crippen molar-refractivity contribution in [3.8, 4) is 11.8 Å². The summed E-state index contributed by atoms with van der Waals surface area (Å²) < 4.78 is 20.0. The number of piperidine rings is 2. The first-order chi connectivity index (χ1) is 14.3. The highest BCUT2D eigenvalue weighted by atomic mass is 19.1. The normalized spacial score (nSPS) is 33.0. The van der Waals surface area contributed by atoms with Crippen LogP contribution in [0.15, 0.2) is 18.3 Å². The van der Waals surface area contributed by atoms with Crippen LogP contribution in [-0.4, -0.2) is 35.0 Å². The molecule has 1 aromatic heterocycles. The molecule has 30 heavy (non-hydrogen) atoms. The van der Waals surface area contributed by atoms with Gasteiger partial charge in [-0.25, -0.2) is 4.39 Å². The molecule has 2 aliphatic heterocycles. The third-order valence-electron chi connectivity index (χ3n) is 7.80. The highest BCUT2D eigenvalue weighted by Crippen LogP contribution is 2.61. The molecule has 1 amide bonds. The summed E-state index contributed by atoms with van der Waals surface area (Å²) in [4.78, 5) is 18.6. The fourth-order valence-corrected chi connectivity index (χ4v) is 6.90. The fraction of sp³-hybridized carbons (Fsp3) is 0.583. The third kappa shape index (κ3) is 2.74. The zero-order chi connectivity index (χ0) is 21.3. The van der Waals surface area contributed by atoms with Gasteiger partial charge in [0.2, 0.25) is 5.91 Å². The Morgan fingerprint density at radius 2 is 2.07 bits per heavy atom. The van der Waals surface area contributed by atoms with E-state index in [4.69, 9.17) is 4.74 Å². The van der Waals surface area contributed by atoms with E-state index in [1.54, 1.807) is 12.1 Å². The van der Waals surface area contributed by atoms with Gasteiger partial charge >= 0.3 is 0 Å². The van der Waals surface area contributed by atoms with Crippen LogP contribution in [0.1, 0.15) is 63.9 Å². The van der Waals surface area contributed by atoms with Gasteiger partial charge in [0.15, 0.2) is 11.6 Å². The Morgan fingerprint density at radius 3 is 2.70 bits per heavy atom. The number of hydrogen-bond donors (Lipinski definition) is 1. The summed E-state index contributed by atoms with van der Waals surface area (Å²) in [5, 5.41) is 10.3. The predicted molar refractivity (Wildman–Crippen MR) is 112 cm³/mol. The number of halogens is 1. The Labute approximate surface area is 176 Å². The van der Waals surface area contributed by atoms with Gasteiger partial charge in [-0.2, -0.15) is 5.26 Å². The molecule has 6 rings (SSSR count). The van der Waals surface area contributed by atoms with Gasteiger partial charge in [-0.15, -0.1) is 0 Å². The number of nitrogens with zero attached hydrogens (tertiary/aromatic N) is 2. The smallest absolute Gasteiger partial charge is 0.223 e. The first kappa shape index (κ1) is 19.4. The number of H-pyrrole nitrogens is 1. The topological polar surface area (TPSA) is 69.1 Å². The van der Waals surface area contributed by atoms with Crippen molar-refractivity contribution >= 4 is 16.8 Å². The lowest BCUT2D eigenvalue weighted by atomic mass is 9.50. The number of hydrogen-bond acceptors (Lipinski definition) is 3. The molecule has 0 radical (unpaired) electrons. The molecule has 4 fully saturated rings. The Morgan fingerprint density at radius 1 is 1.37 bits per heavy atom. The van der Waals surface area contributed by atoms with E-state index in [0.717, 1.165) is 37.7 Å². The van der Waals surface area contributed by atoms with Crippen LogP contribution in [0.2, 0.25) is 0 Å². The van der Waals surface area contributed by atoms with Crippen LogP contribution in [0, 0.1) is 28.0 Å². The number of methoxy groups -OCH3 is 1. The van der Waals surface area contributed by atoms with Crippen molar-refractivity contribution in [1.82, 2.24) is 9.88 Å². The largest absolute Gasteiger partial charge is 0.494 e. The summed E-state index contributed by atoms with van der Waals surface area (Å²) in [5.41, 5.74) is 1.45. The Balaban J connectivity index is 1.39. The van der Waals surface area contributed by atoms with Crippen molar-refractivity contribution in [3.05, 3.63) is 29.7 Å². The lowest BCUT2D eigenvalue weighted by molar-refractivity contribution is -0.163. The lowest BCUT2D eigenvalue weighted by Crippen LogP contribution is -2.65. The maximum atomic E-state index is 14.9. The highest BCUT2D eigenvalue weighted by Gasteiger charge is 2.60. The number of fused-ring (bicyclic) bond motifs is 1. The zero-order valence-corrected chi connectivity index (χ0v) is 17.8. The van der Waals surface area contributed by atoms with E-state index in [2.05, 4.69) is 22.9 Å². The molecule has 2 aromatic rings. The zero-order valence-electron chi connectivity index (χ0n) is 17.8. The van der Waals surface area contributed by atoms with Crippen LogP contribution in [0.5, 0.6) is 5.75 Å². The van der Waals surface area contributed by atoms with Crippen molar-refractivity contribution < 1.29 is 13.9 Å². The van der Waals surface area contributed by atoms with Gasteiger partial charge in [0.05, 0.1) is 18.6 Å². The number of aromatic amines is 1. The molecule has 3 atom stereocenters. The number of ether oxygens (including phenoxy) is 1.